The molecule has 1 N–H and O–H groups in total. The maximum Gasteiger partial charge on any atom is 0.309 e. The minimum Gasteiger partial charge on any atom is -0.481 e. The first-order chi connectivity index (χ1) is 9.39. The summed E-state index contributed by atoms with van der Waals surface area (Å²) in [7, 11) is 0. The molecule has 2 nitrogen and oxygen atoms in total. The zero-order valence-electron chi connectivity index (χ0n) is 14.5. The van der Waals surface area contributed by atoms with Crippen LogP contribution in [0.5, 0.6) is 0 Å². The average Bonchev–Trinajstić information content (AvgIpc) is 2.35. The van der Waals surface area contributed by atoms with Gasteiger partial charge in [0.2, 0.25) is 0 Å². The third-order valence-electron chi connectivity index (χ3n) is 5.19. The van der Waals surface area contributed by atoms with Gasteiger partial charge in [-0.15, -0.1) is 0 Å². The van der Waals surface area contributed by atoms with Crippen molar-refractivity contribution in [3.05, 3.63) is 35.9 Å². The van der Waals surface area contributed by atoms with Gasteiger partial charge in [0.05, 0.1) is 5.41 Å². The molecule has 1 atom stereocenters. The standard InChI is InChI=1S/C19H30O2/c1-17(2,3)15(14-11-9-8-10-12-14)13-18(4,5)19(6,7)16(20)21/h8-12,15H,13H2,1-7H3,(H,20,21). The van der Waals surface area contributed by atoms with E-state index in [4.69, 9.17) is 0 Å². The fourth-order valence-electron chi connectivity index (χ4n) is 2.66. The second-order valence-corrected chi connectivity index (χ2v) is 8.35. The molecule has 0 aliphatic rings. The maximum absolute atomic E-state index is 11.6. The van der Waals surface area contributed by atoms with Gasteiger partial charge in [-0.25, -0.2) is 0 Å². The van der Waals surface area contributed by atoms with Crippen molar-refractivity contribution in [1.29, 1.82) is 0 Å². The third-order valence-corrected chi connectivity index (χ3v) is 5.19. The predicted molar refractivity (Wildman–Crippen MR) is 88.5 cm³/mol. The first kappa shape index (κ1) is 17.7. The summed E-state index contributed by atoms with van der Waals surface area (Å²) in [5.41, 5.74) is 0.324. The van der Waals surface area contributed by atoms with E-state index in [-0.39, 0.29) is 10.8 Å². The number of aliphatic carboxylic acids is 1. The summed E-state index contributed by atoms with van der Waals surface area (Å²) in [6.07, 6.45) is 0.847. The molecule has 0 saturated heterocycles. The maximum atomic E-state index is 11.6. The lowest BCUT2D eigenvalue weighted by Gasteiger charge is -2.44. The van der Waals surface area contributed by atoms with Crippen LogP contribution in [0.25, 0.3) is 0 Å². The van der Waals surface area contributed by atoms with Crippen LogP contribution < -0.4 is 0 Å². The number of hydrogen-bond acceptors (Lipinski definition) is 1. The fraction of sp³-hybridized carbons (Fsp3) is 0.632. The second kappa shape index (κ2) is 5.82. The van der Waals surface area contributed by atoms with Gasteiger partial charge < -0.3 is 5.11 Å². The van der Waals surface area contributed by atoms with E-state index in [0.29, 0.717) is 5.92 Å². The van der Waals surface area contributed by atoms with Gasteiger partial charge in [-0.3, -0.25) is 4.79 Å². The first-order valence-corrected chi connectivity index (χ1v) is 7.68. The van der Waals surface area contributed by atoms with Gasteiger partial charge >= 0.3 is 5.97 Å². The Bertz CT molecular complexity index is 478. The van der Waals surface area contributed by atoms with Gasteiger partial charge in [0, 0.05) is 0 Å². The van der Waals surface area contributed by atoms with Gasteiger partial charge in [0.25, 0.3) is 0 Å². The number of carboxylic acid groups (broad SMARTS) is 1. The van der Waals surface area contributed by atoms with Crippen LogP contribution in [-0.4, -0.2) is 11.1 Å². The summed E-state index contributed by atoms with van der Waals surface area (Å²) in [6, 6.07) is 10.4. The Morgan fingerprint density at radius 1 is 1.00 bits per heavy atom. The van der Waals surface area contributed by atoms with Crippen LogP contribution in [0.1, 0.15) is 66.4 Å². The lowest BCUT2D eigenvalue weighted by atomic mass is 9.60. The number of benzene rings is 1. The van der Waals surface area contributed by atoms with Crippen molar-refractivity contribution in [2.24, 2.45) is 16.2 Å². The van der Waals surface area contributed by atoms with E-state index < -0.39 is 11.4 Å². The molecule has 21 heavy (non-hydrogen) atoms. The fourth-order valence-corrected chi connectivity index (χ4v) is 2.66. The lowest BCUT2D eigenvalue weighted by molar-refractivity contribution is -0.154. The highest BCUT2D eigenvalue weighted by atomic mass is 16.4. The number of rotatable bonds is 5. The smallest absolute Gasteiger partial charge is 0.309 e. The lowest BCUT2D eigenvalue weighted by Crippen LogP contribution is -2.41. The quantitative estimate of drug-likeness (QED) is 0.794. The minimum atomic E-state index is -0.759. The molecule has 0 fully saturated rings. The molecule has 1 unspecified atom stereocenters. The third kappa shape index (κ3) is 3.87. The molecule has 0 radical (unpaired) electrons. The van der Waals surface area contributed by atoms with Crippen LogP contribution >= 0.6 is 0 Å². The largest absolute Gasteiger partial charge is 0.481 e. The molecule has 1 aromatic carbocycles. The van der Waals surface area contributed by atoms with Crippen molar-refractivity contribution in [1.82, 2.24) is 0 Å². The van der Waals surface area contributed by atoms with Gasteiger partial charge in [0.1, 0.15) is 0 Å². The summed E-state index contributed by atoms with van der Waals surface area (Å²) < 4.78 is 0. The molecule has 1 rings (SSSR count). The molecular formula is C19H30O2. The Kier molecular flexibility index (Phi) is 4.92. The van der Waals surface area contributed by atoms with E-state index in [1.54, 1.807) is 0 Å². The Morgan fingerprint density at radius 2 is 1.48 bits per heavy atom. The van der Waals surface area contributed by atoms with Crippen molar-refractivity contribution in [2.45, 2.75) is 60.8 Å². The molecule has 1 aromatic rings. The molecule has 0 bridgehead atoms. The highest BCUT2D eigenvalue weighted by Gasteiger charge is 2.46. The van der Waals surface area contributed by atoms with Gasteiger partial charge in [-0.2, -0.15) is 0 Å². The Morgan fingerprint density at radius 3 is 1.86 bits per heavy atom. The van der Waals surface area contributed by atoms with Crippen LogP contribution in [0.4, 0.5) is 0 Å². The van der Waals surface area contributed by atoms with Crippen molar-refractivity contribution in [3.8, 4) is 0 Å². The molecule has 0 aliphatic heterocycles. The van der Waals surface area contributed by atoms with Crippen LogP contribution in [-0.2, 0) is 4.79 Å². The summed E-state index contributed by atoms with van der Waals surface area (Å²) in [4.78, 5) is 11.6. The molecule has 0 amide bonds. The Labute approximate surface area is 129 Å². The molecule has 2 heteroatoms. The molecule has 0 aromatic heterocycles. The van der Waals surface area contributed by atoms with Crippen LogP contribution in [0.15, 0.2) is 30.3 Å². The van der Waals surface area contributed by atoms with Crippen LogP contribution in [0, 0.1) is 16.2 Å². The zero-order valence-corrected chi connectivity index (χ0v) is 14.5. The van der Waals surface area contributed by atoms with Crippen molar-refractivity contribution >= 4 is 5.97 Å². The zero-order chi connectivity index (χ0) is 16.5. The molecule has 118 valence electrons. The summed E-state index contributed by atoms with van der Waals surface area (Å²) in [5, 5.41) is 9.56. The highest BCUT2D eigenvalue weighted by molar-refractivity contribution is 5.74. The Hall–Kier alpha value is -1.31. The van der Waals surface area contributed by atoms with E-state index in [2.05, 4.69) is 58.9 Å². The average molecular weight is 290 g/mol. The van der Waals surface area contributed by atoms with E-state index in [9.17, 15) is 9.90 Å². The molecular weight excluding hydrogens is 260 g/mol. The number of carbonyl (C=O) groups is 1. The molecule has 0 saturated carbocycles. The number of carboxylic acids is 1. The topological polar surface area (TPSA) is 37.3 Å². The van der Waals surface area contributed by atoms with E-state index in [1.165, 1.54) is 5.56 Å². The van der Waals surface area contributed by atoms with Crippen molar-refractivity contribution in [2.75, 3.05) is 0 Å². The van der Waals surface area contributed by atoms with E-state index in [1.807, 2.05) is 19.9 Å². The van der Waals surface area contributed by atoms with E-state index in [0.717, 1.165) is 6.42 Å². The Balaban J connectivity index is 3.17. The van der Waals surface area contributed by atoms with Crippen molar-refractivity contribution in [3.63, 3.8) is 0 Å². The summed E-state index contributed by atoms with van der Waals surface area (Å²) in [5.74, 6) is -0.402. The van der Waals surface area contributed by atoms with E-state index >= 15 is 0 Å². The SMILES string of the molecule is CC(C)(C)C(CC(C)(C)C(C)(C)C(=O)O)c1ccccc1. The summed E-state index contributed by atoms with van der Waals surface area (Å²) in [6.45, 7) is 14.5. The predicted octanol–water partition coefficient (Wildman–Crippen LogP) is 5.34. The molecule has 0 heterocycles. The summed E-state index contributed by atoms with van der Waals surface area (Å²) >= 11 is 0. The molecule has 0 spiro atoms. The van der Waals surface area contributed by atoms with Crippen LogP contribution in [0.3, 0.4) is 0 Å². The van der Waals surface area contributed by atoms with Gasteiger partial charge in [0.15, 0.2) is 0 Å². The normalized spacial score (nSPS) is 14.8. The second-order valence-electron chi connectivity index (χ2n) is 8.35. The van der Waals surface area contributed by atoms with Gasteiger partial charge in [-0.1, -0.05) is 65.0 Å². The van der Waals surface area contributed by atoms with Crippen LogP contribution in [0.2, 0.25) is 0 Å². The molecule has 0 aliphatic carbocycles. The first-order valence-electron chi connectivity index (χ1n) is 7.68. The highest BCUT2D eigenvalue weighted by Crippen LogP contribution is 2.50. The number of hydrogen-bond donors (Lipinski definition) is 1. The van der Waals surface area contributed by atoms with Gasteiger partial charge in [-0.05, 0) is 42.6 Å². The van der Waals surface area contributed by atoms with Crippen molar-refractivity contribution < 1.29 is 9.90 Å². The minimum absolute atomic E-state index is 0.0905. The monoisotopic (exact) mass is 290 g/mol.